The zero-order valence-electron chi connectivity index (χ0n) is 6.35. The molecule has 2 unspecified atom stereocenters. The van der Waals surface area contributed by atoms with Gasteiger partial charge in [-0.3, -0.25) is 0 Å². The number of rotatable bonds is 0. The molecule has 0 spiro atoms. The molecule has 1 saturated heterocycles. The normalized spacial score (nSPS) is 50.7. The molecular weight excluding hydrogens is 110 g/mol. The van der Waals surface area contributed by atoms with Gasteiger partial charge in [0, 0.05) is 6.54 Å². The van der Waals surface area contributed by atoms with Crippen LogP contribution in [0.15, 0.2) is 0 Å². The number of hydrogen-bond donors (Lipinski definition) is 0. The van der Waals surface area contributed by atoms with E-state index in [1.807, 2.05) is 0 Å². The van der Waals surface area contributed by atoms with Crippen molar-refractivity contribution in [3.8, 4) is 0 Å². The van der Waals surface area contributed by atoms with Crippen molar-refractivity contribution in [1.82, 2.24) is 4.90 Å². The van der Waals surface area contributed by atoms with Gasteiger partial charge in [0.05, 0.1) is 0 Å². The van der Waals surface area contributed by atoms with Crippen LogP contribution in [-0.4, -0.2) is 25.0 Å². The minimum atomic E-state index is 0.784. The lowest BCUT2D eigenvalue weighted by Gasteiger charge is -2.25. The lowest BCUT2D eigenvalue weighted by atomic mass is 9.98. The molecule has 2 rings (SSSR count). The van der Waals surface area contributed by atoms with Gasteiger partial charge in [0.1, 0.15) is 0 Å². The second-order valence-electron chi connectivity index (χ2n) is 4.07. The fourth-order valence-corrected chi connectivity index (χ4v) is 2.01. The van der Waals surface area contributed by atoms with Gasteiger partial charge in [-0.25, -0.2) is 0 Å². The van der Waals surface area contributed by atoms with Crippen LogP contribution < -0.4 is 0 Å². The summed E-state index contributed by atoms with van der Waals surface area (Å²) in [6, 6.07) is 0. The largest absolute Gasteiger partial charge is 0.306 e. The molecule has 9 heavy (non-hydrogen) atoms. The maximum absolute atomic E-state index is 2.46. The molecule has 2 atom stereocenters. The van der Waals surface area contributed by atoms with E-state index in [1.165, 1.54) is 25.9 Å². The highest BCUT2D eigenvalue weighted by Crippen LogP contribution is 2.56. The smallest absolute Gasteiger partial charge is 0.00120 e. The Labute approximate surface area is 57.0 Å². The summed E-state index contributed by atoms with van der Waals surface area (Å²) >= 11 is 0. The lowest BCUT2D eigenvalue weighted by Crippen LogP contribution is -2.30. The van der Waals surface area contributed by atoms with Gasteiger partial charge in [0.2, 0.25) is 0 Å². The summed E-state index contributed by atoms with van der Waals surface area (Å²) in [7, 11) is 2.23. The van der Waals surface area contributed by atoms with Gasteiger partial charge in [-0.05, 0) is 37.8 Å². The Morgan fingerprint density at radius 3 is 2.89 bits per heavy atom. The molecule has 0 amide bonds. The number of hydrogen-bond acceptors (Lipinski definition) is 1. The van der Waals surface area contributed by atoms with Crippen LogP contribution in [0.5, 0.6) is 0 Å². The Balaban J connectivity index is 2.01. The van der Waals surface area contributed by atoms with Crippen molar-refractivity contribution < 1.29 is 0 Å². The van der Waals surface area contributed by atoms with Crippen molar-refractivity contribution in [3.63, 3.8) is 0 Å². The number of fused-ring (bicyclic) bond motifs is 1. The summed E-state index contributed by atoms with van der Waals surface area (Å²) in [5.74, 6) is 1.05. The zero-order valence-corrected chi connectivity index (χ0v) is 6.35. The first-order valence-electron chi connectivity index (χ1n) is 3.89. The highest BCUT2D eigenvalue weighted by atomic mass is 15.1. The van der Waals surface area contributed by atoms with Crippen molar-refractivity contribution in [2.45, 2.75) is 19.8 Å². The molecule has 2 aliphatic rings. The molecule has 1 nitrogen and oxygen atoms in total. The molecule has 1 heterocycles. The van der Waals surface area contributed by atoms with Crippen molar-refractivity contribution in [2.24, 2.45) is 11.3 Å². The van der Waals surface area contributed by atoms with Crippen LogP contribution in [0.2, 0.25) is 0 Å². The highest BCUT2D eigenvalue weighted by molar-refractivity contribution is 5.02. The van der Waals surface area contributed by atoms with E-state index in [0.717, 1.165) is 11.3 Å². The predicted molar refractivity (Wildman–Crippen MR) is 38.3 cm³/mol. The van der Waals surface area contributed by atoms with Gasteiger partial charge in [0.25, 0.3) is 0 Å². The molecule has 1 aliphatic heterocycles. The summed E-state index contributed by atoms with van der Waals surface area (Å²) in [5.41, 5.74) is 0.784. The second kappa shape index (κ2) is 1.51. The Morgan fingerprint density at radius 1 is 1.56 bits per heavy atom. The van der Waals surface area contributed by atoms with Gasteiger partial charge in [-0.15, -0.1) is 0 Å². The van der Waals surface area contributed by atoms with E-state index in [9.17, 15) is 0 Å². The molecule has 2 fully saturated rings. The molecule has 1 aliphatic carbocycles. The quantitative estimate of drug-likeness (QED) is 0.472. The molecule has 0 N–H and O–H groups in total. The first-order chi connectivity index (χ1) is 4.21. The van der Waals surface area contributed by atoms with E-state index in [2.05, 4.69) is 18.9 Å². The Bertz CT molecular complexity index is 133. The summed E-state index contributed by atoms with van der Waals surface area (Å²) < 4.78 is 0. The molecule has 1 heteroatoms. The number of piperidine rings is 1. The van der Waals surface area contributed by atoms with Crippen LogP contribution in [0.4, 0.5) is 0 Å². The molecular formula is C8H15N. The van der Waals surface area contributed by atoms with Gasteiger partial charge in [-0.1, -0.05) is 6.92 Å². The Hall–Kier alpha value is -0.0400. The maximum atomic E-state index is 2.46. The van der Waals surface area contributed by atoms with E-state index in [1.54, 1.807) is 0 Å². The molecule has 0 aromatic heterocycles. The van der Waals surface area contributed by atoms with Crippen LogP contribution in [0.3, 0.4) is 0 Å². The molecule has 52 valence electrons. The van der Waals surface area contributed by atoms with Crippen LogP contribution in [0.1, 0.15) is 19.8 Å². The van der Waals surface area contributed by atoms with E-state index < -0.39 is 0 Å². The minimum absolute atomic E-state index is 0.784. The Kier molecular flexibility index (Phi) is 0.963. The van der Waals surface area contributed by atoms with Crippen molar-refractivity contribution in [1.29, 1.82) is 0 Å². The van der Waals surface area contributed by atoms with Crippen LogP contribution in [-0.2, 0) is 0 Å². The van der Waals surface area contributed by atoms with E-state index in [0.29, 0.717) is 0 Å². The third-order valence-electron chi connectivity index (χ3n) is 3.13. The second-order valence-corrected chi connectivity index (χ2v) is 4.07. The summed E-state index contributed by atoms with van der Waals surface area (Å²) in [6.07, 6.45) is 2.94. The summed E-state index contributed by atoms with van der Waals surface area (Å²) in [4.78, 5) is 2.46. The van der Waals surface area contributed by atoms with Crippen molar-refractivity contribution in [3.05, 3.63) is 0 Å². The van der Waals surface area contributed by atoms with E-state index >= 15 is 0 Å². The van der Waals surface area contributed by atoms with Crippen LogP contribution >= 0.6 is 0 Å². The van der Waals surface area contributed by atoms with Crippen molar-refractivity contribution in [2.75, 3.05) is 20.1 Å². The van der Waals surface area contributed by atoms with Gasteiger partial charge in [-0.2, -0.15) is 0 Å². The first-order valence-corrected chi connectivity index (χ1v) is 3.89. The minimum Gasteiger partial charge on any atom is -0.306 e. The average molecular weight is 125 g/mol. The first kappa shape index (κ1) is 5.72. The summed E-state index contributed by atoms with van der Waals surface area (Å²) in [6.45, 7) is 5.12. The predicted octanol–water partition coefficient (Wildman–Crippen LogP) is 1.35. The SMILES string of the molecule is CN1CCC2(C)CC2C1. The third kappa shape index (κ3) is 0.787. The van der Waals surface area contributed by atoms with Crippen molar-refractivity contribution >= 4 is 0 Å². The lowest BCUT2D eigenvalue weighted by molar-refractivity contribution is 0.222. The monoisotopic (exact) mass is 125 g/mol. The molecule has 0 aromatic carbocycles. The molecule has 0 bridgehead atoms. The van der Waals surface area contributed by atoms with E-state index in [-0.39, 0.29) is 0 Å². The van der Waals surface area contributed by atoms with Gasteiger partial charge in [0.15, 0.2) is 0 Å². The Morgan fingerprint density at radius 2 is 2.33 bits per heavy atom. The van der Waals surface area contributed by atoms with Gasteiger partial charge < -0.3 is 4.90 Å². The number of likely N-dealkylation sites (tertiary alicyclic amines) is 1. The molecule has 0 radical (unpaired) electrons. The highest BCUT2D eigenvalue weighted by Gasteiger charge is 2.51. The standard InChI is InChI=1S/C8H15N/c1-8-3-4-9(2)6-7(8)5-8/h7H,3-6H2,1-2H3. The third-order valence-corrected chi connectivity index (χ3v) is 3.13. The number of nitrogens with zero attached hydrogens (tertiary/aromatic N) is 1. The van der Waals surface area contributed by atoms with Gasteiger partial charge >= 0.3 is 0 Å². The fraction of sp³-hybridized carbons (Fsp3) is 1.00. The van der Waals surface area contributed by atoms with E-state index in [4.69, 9.17) is 0 Å². The zero-order chi connectivity index (χ0) is 6.48. The van der Waals surface area contributed by atoms with Crippen LogP contribution in [0, 0.1) is 11.3 Å². The average Bonchev–Trinajstić information content (AvgIpc) is 2.41. The van der Waals surface area contributed by atoms with Crippen LogP contribution in [0.25, 0.3) is 0 Å². The maximum Gasteiger partial charge on any atom is 0.00120 e. The molecule has 1 saturated carbocycles. The summed E-state index contributed by atoms with van der Waals surface area (Å²) in [5, 5.41) is 0. The fourth-order valence-electron chi connectivity index (χ4n) is 2.01. The molecule has 0 aromatic rings. The topological polar surface area (TPSA) is 3.24 Å².